The molecule has 1 fully saturated rings. The molecule has 0 N–H and O–H groups in total. The summed E-state index contributed by atoms with van der Waals surface area (Å²) in [5.41, 5.74) is 1.24. The van der Waals surface area contributed by atoms with Crippen LogP contribution in [-0.4, -0.2) is 22.3 Å². The molecule has 0 spiro atoms. The van der Waals surface area contributed by atoms with Gasteiger partial charge in [0.2, 0.25) is 5.89 Å². The minimum atomic E-state index is -0.256. The van der Waals surface area contributed by atoms with Crippen molar-refractivity contribution in [3.63, 3.8) is 0 Å². The van der Waals surface area contributed by atoms with Gasteiger partial charge in [-0.3, -0.25) is 4.79 Å². The summed E-state index contributed by atoms with van der Waals surface area (Å²) in [6, 6.07) is 15.7. The molecule has 5 heteroatoms. The van der Waals surface area contributed by atoms with E-state index in [1.807, 2.05) is 35.2 Å². The Morgan fingerprint density at radius 1 is 1.11 bits per heavy atom. The predicted octanol–water partition coefficient (Wildman–Crippen LogP) is 4.77. The molecule has 1 atom stereocenters. The molecule has 0 aliphatic carbocycles. The second kappa shape index (κ2) is 7.74. The molecule has 1 saturated heterocycles. The van der Waals surface area contributed by atoms with E-state index in [1.165, 1.54) is 6.07 Å². The van der Waals surface area contributed by atoms with E-state index in [0.717, 1.165) is 19.3 Å². The average molecular weight is 364 g/mol. The van der Waals surface area contributed by atoms with Crippen LogP contribution in [0.3, 0.4) is 0 Å². The van der Waals surface area contributed by atoms with Crippen molar-refractivity contribution in [3.8, 4) is 0 Å². The van der Waals surface area contributed by atoms with Gasteiger partial charge < -0.3 is 9.32 Å². The van der Waals surface area contributed by atoms with Crippen LogP contribution >= 0.6 is 0 Å². The van der Waals surface area contributed by atoms with Gasteiger partial charge >= 0.3 is 0 Å². The van der Waals surface area contributed by atoms with Gasteiger partial charge in [0, 0.05) is 18.5 Å². The molecular formula is C22H21FN2O2. The summed E-state index contributed by atoms with van der Waals surface area (Å²) in [5, 5.41) is 0. The van der Waals surface area contributed by atoms with E-state index in [0.29, 0.717) is 35.7 Å². The summed E-state index contributed by atoms with van der Waals surface area (Å²) in [7, 11) is 0. The van der Waals surface area contributed by atoms with Crippen LogP contribution in [0.15, 0.2) is 65.2 Å². The average Bonchev–Trinajstić information content (AvgIpc) is 3.18. The van der Waals surface area contributed by atoms with E-state index in [2.05, 4.69) is 4.98 Å². The lowest BCUT2D eigenvalue weighted by molar-refractivity contribution is 0.0570. The second-order valence-electron chi connectivity index (χ2n) is 6.81. The molecule has 138 valence electrons. The standard InChI is InChI=1S/C22H21FN2O2/c23-19-11-5-4-10-17(19)14-18-15-24-21(27-18)20-12-6-7-13-25(20)22(26)16-8-2-1-3-9-16/h1-5,8-11,15,20H,6-7,12-14H2/t20-/m0/s1. The van der Waals surface area contributed by atoms with Crippen molar-refractivity contribution in [3.05, 3.63) is 89.4 Å². The normalized spacial score (nSPS) is 17.1. The number of halogens is 1. The smallest absolute Gasteiger partial charge is 0.254 e. The monoisotopic (exact) mass is 364 g/mol. The Morgan fingerprint density at radius 2 is 1.89 bits per heavy atom. The summed E-state index contributed by atoms with van der Waals surface area (Å²) in [5.74, 6) is 0.876. The summed E-state index contributed by atoms with van der Waals surface area (Å²) in [6.07, 6.45) is 4.80. The molecule has 1 aliphatic heterocycles. The first-order valence-corrected chi connectivity index (χ1v) is 9.26. The van der Waals surface area contributed by atoms with E-state index in [9.17, 15) is 9.18 Å². The van der Waals surface area contributed by atoms with Gasteiger partial charge in [-0.15, -0.1) is 0 Å². The number of hydrogen-bond donors (Lipinski definition) is 0. The summed E-state index contributed by atoms with van der Waals surface area (Å²) in [6.45, 7) is 0.684. The molecular weight excluding hydrogens is 343 g/mol. The topological polar surface area (TPSA) is 46.3 Å². The molecule has 2 heterocycles. The number of aromatic nitrogens is 1. The fraction of sp³-hybridized carbons (Fsp3) is 0.273. The maximum Gasteiger partial charge on any atom is 0.254 e. The zero-order valence-electron chi connectivity index (χ0n) is 15.0. The minimum absolute atomic E-state index is 0.00541. The zero-order valence-corrected chi connectivity index (χ0v) is 15.0. The van der Waals surface area contributed by atoms with Gasteiger partial charge in [-0.05, 0) is 43.0 Å². The molecule has 27 heavy (non-hydrogen) atoms. The van der Waals surface area contributed by atoms with Gasteiger partial charge in [-0.25, -0.2) is 9.37 Å². The summed E-state index contributed by atoms with van der Waals surface area (Å²) in [4.78, 5) is 19.2. The van der Waals surface area contributed by atoms with Gasteiger partial charge in [0.25, 0.3) is 5.91 Å². The maximum absolute atomic E-state index is 13.9. The highest BCUT2D eigenvalue weighted by molar-refractivity contribution is 5.94. The maximum atomic E-state index is 13.9. The van der Waals surface area contributed by atoms with Crippen LogP contribution < -0.4 is 0 Å². The fourth-order valence-electron chi connectivity index (χ4n) is 3.57. The second-order valence-corrected chi connectivity index (χ2v) is 6.81. The Labute approximate surface area is 157 Å². The number of likely N-dealkylation sites (tertiary alicyclic amines) is 1. The number of rotatable bonds is 4. The molecule has 0 bridgehead atoms. The zero-order chi connectivity index (χ0) is 18.6. The first-order chi connectivity index (χ1) is 13.2. The van der Waals surface area contributed by atoms with E-state index in [4.69, 9.17) is 4.42 Å². The van der Waals surface area contributed by atoms with E-state index in [1.54, 1.807) is 24.4 Å². The van der Waals surface area contributed by atoms with Gasteiger partial charge in [-0.1, -0.05) is 36.4 Å². The molecule has 4 rings (SSSR count). The molecule has 1 aromatic heterocycles. The quantitative estimate of drug-likeness (QED) is 0.670. The summed E-state index contributed by atoms with van der Waals surface area (Å²) >= 11 is 0. The highest BCUT2D eigenvalue weighted by Gasteiger charge is 2.31. The SMILES string of the molecule is O=C(c1ccccc1)N1CCCC[C@H]1c1ncc(Cc2ccccc2F)o1. The lowest BCUT2D eigenvalue weighted by Gasteiger charge is -2.33. The molecule has 4 nitrogen and oxygen atoms in total. The number of hydrogen-bond acceptors (Lipinski definition) is 3. The third-order valence-electron chi connectivity index (χ3n) is 4.96. The van der Waals surface area contributed by atoms with Gasteiger partial charge in [0.05, 0.1) is 6.20 Å². The van der Waals surface area contributed by atoms with Gasteiger partial charge in [-0.2, -0.15) is 0 Å². The molecule has 1 amide bonds. The van der Waals surface area contributed by atoms with Crippen molar-refractivity contribution in [2.45, 2.75) is 31.7 Å². The van der Waals surface area contributed by atoms with Gasteiger partial charge in [0.15, 0.2) is 0 Å². The Hall–Kier alpha value is -2.95. The van der Waals surface area contributed by atoms with Gasteiger partial charge in [0.1, 0.15) is 17.6 Å². The number of oxazole rings is 1. The van der Waals surface area contributed by atoms with Crippen molar-refractivity contribution in [2.24, 2.45) is 0 Å². The van der Waals surface area contributed by atoms with E-state index in [-0.39, 0.29) is 17.8 Å². The number of nitrogens with zero attached hydrogens (tertiary/aromatic N) is 2. The van der Waals surface area contributed by atoms with Crippen LogP contribution in [0.1, 0.15) is 52.9 Å². The first-order valence-electron chi connectivity index (χ1n) is 9.26. The highest BCUT2D eigenvalue weighted by atomic mass is 19.1. The van der Waals surface area contributed by atoms with Crippen LogP contribution in [0.5, 0.6) is 0 Å². The number of amides is 1. The van der Waals surface area contributed by atoms with Crippen LogP contribution in [-0.2, 0) is 6.42 Å². The Kier molecular flexibility index (Phi) is 5.01. The van der Waals surface area contributed by atoms with Crippen LogP contribution in [0.4, 0.5) is 4.39 Å². The van der Waals surface area contributed by atoms with Crippen molar-refractivity contribution >= 4 is 5.91 Å². The van der Waals surface area contributed by atoms with Crippen LogP contribution in [0.2, 0.25) is 0 Å². The molecule has 0 saturated carbocycles. The Bertz CT molecular complexity index is 923. The number of piperidine rings is 1. The molecule has 0 radical (unpaired) electrons. The van der Waals surface area contributed by atoms with Crippen molar-refractivity contribution in [1.29, 1.82) is 0 Å². The molecule has 2 aromatic carbocycles. The molecule has 1 aliphatic rings. The molecule has 0 unspecified atom stereocenters. The van der Waals surface area contributed by atoms with Crippen LogP contribution in [0.25, 0.3) is 0 Å². The predicted molar refractivity (Wildman–Crippen MR) is 99.8 cm³/mol. The number of carbonyl (C=O) groups is 1. The fourth-order valence-corrected chi connectivity index (χ4v) is 3.57. The van der Waals surface area contributed by atoms with Crippen molar-refractivity contribution < 1.29 is 13.6 Å². The minimum Gasteiger partial charge on any atom is -0.443 e. The largest absolute Gasteiger partial charge is 0.443 e. The number of carbonyl (C=O) groups excluding carboxylic acids is 1. The lowest BCUT2D eigenvalue weighted by atomic mass is 10.0. The van der Waals surface area contributed by atoms with Crippen LogP contribution in [0, 0.1) is 5.82 Å². The summed E-state index contributed by atoms with van der Waals surface area (Å²) < 4.78 is 19.8. The van der Waals surface area contributed by atoms with E-state index >= 15 is 0 Å². The van der Waals surface area contributed by atoms with Crippen molar-refractivity contribution in [2.75, 3.05) is 6.54 Å². The number of benzene rings is 2. The lowest BCUT2D eigenvalue weighted by Crippen LogP contribution is -2.38. The van der Waals surface area contributed by atoms with Crippen molar-refractivity contribution in [1.82, 2.24) is 9.88 Å². The first kappa shape index (κ1) is 17.5. The third-order valence-corrected chi connectivity index (χ3v) is 4.96. The molecule has 3 aromatic rings. The Balaban J connectivity index is 1.55. The third kappa shape index (κ3) is 3.77. The van der Waals surface area contributed by atoms with E-state index < -0.39 is 0 Å². The Morgan fingerprint density at radius 3 is 2.70 bits per heavy atom. The highest BCUT2D eigenvalue weighted by Crippen LogP contribution is 2.32.